The number of halogens is 1. The summed E-state index contributed by atoms with van der Waals surface area (Å²) >= 11 is 0. The number of hydrogen-bond acceptors (Lipinski definition) is 6. The number of rotatable bonds is 3. The van der Waals surface area contributed by atoms with Crippen molar-refractivity contribution < 1.29 is 14.0 Å². The molecule has 0 saturated carbocycles. The Morgan fingerprint density at radius 2 is 1.80 bits per heavy atom. The summed E-state index contributed by atoms with van der Waals surface area (Å²) in [5, 5.41) is 17.0. The van der Waals surface area contributed by atoms with Gasteiger partial charge in [-0.05, 0) is 30.9 Å². The maximum absolute atomic E-state index is 14.6. The Hall–Kier alpha value is -3.05. The molecular weight excluding hydrogens is 391 g/mol. The largest absolute Gasteiger partial charge is 0.338 e. The van der Waals surface area contributed by atoms with Crippen LogP contribution in [0, 0.1) is 17.7 Å². The molecule has 10 nitrogen and oxygen atoms in total. The molecule has 11 heteroatoms. The van der Waals surface area contributed by atoms with Crippen molar-refractivity contribution in [2.75, 3.05) is 26.2 Å². The van der Waals surface area contributed by atoms with E-state index in [4.69, 9.17) is 0 Å². The van der Waals surface area contributed by atoms with E-state index in [-0.39, 0.29) is 41.8 Å². The van der Waals surface area contributed by atoms with Crippen LogP contribution in [0.1, 0.15) is 17.3 Å². The molecule has 30 heavy (non-hydrogen) atoms. The van der Waals surface area contributed by atoms with Crippen molar-refractivity contribution in [1.82, 2.24) is 40.7 Å². The molecule has 0 radical (unpaired) electrons. The van der Waals surface area contributed by atoms with Crippen LogP contribution in [0.5, 0.6) is 0 Å². The zero-order valence-electron chi connectivity index (χ0n) is 16.5. The highest BCUT2D eigenvalue weighted by Crippen LogP contribution is 2.33. The molecule has 0 spiro atoms. The van der Waals surface area contributed by atoms with E-state index in [9.17, 15) is 14.0 Å². The fraction of sp³-hybridized carbons (Fsp3) is 0.474. The van der Waals surface area contributed by atoms with Crippen LogP contribution in [-0.4, -0.2) is 75.4 Å². The number of urea groups is 1. The normalized spacial score (nSPS) is 28.9. The van der Waals surface area contributed by atoms with E-state index >= 15 is 0 Å². The van der Waals surface area contributed by atoms with Crippen LogP contribution in [0.25, 0.3) is 5.69 Å². The number of likely N-dealkylation sites (tertiary alicyclic amines) is 2. The summed E-state index contributed by atoms with van der Waals surface area (Å²) in [5.41, 5.74) is 0.325. The maximum Gasteiger partial charge on any atom is 0.318 e. The van der Waals surface area contributed by atoms with Crippen LogP contribution in [0.4, 0.5) is 9.18 Å². The van der Waals surface area contributed by atoms with Gasteiger partial charge in [0, 0.05) is 26.2 Å². The Labute approximate surface area is 172 Å². The number of benzene rings is 1. The molecule has 3 saturated heterocycles. The fourth-order valence-corrected chi connectivity index (χ4v) is 4.67. The van der Waals surface area contributed by atoms with Gasteiger partial charge in [0.2, 0.25) is 0 Å². The smallest absolute Gasteiger partial charge is 0.318 e. The monoisotopic (exact) mass is 414 g/mol. The minimum atomic E-state index is -0.580. The second-order valence-electron chi connectivity index (χ2n) is 8.05. The van der Waals surface area contributed by atoms with Gasteiger partial charge in [0.15, 0.2) is 0 Å². The zero-order valence-corrected chi connectivity index (χ0v) is 16.5. The third kappa shape index (κ3) is 3.29. The molecule has 158 valence electrons. The number of hydrogen-bond donors (Lipinski definition) is 3. The van der Waals surface area contributed by atoms with Gasteiger partial charge < -0.3 is 15.5 Å². The zero-order chi connectivity index (χ0) is 20.8. The summed E-state index contributed by atoms with van der Waals surface area (Å²) in [6.07, 6.45) is 2.63. The SMILES string of the molecule is CC1NC(=O)NC(N2CC3CN(C(=O)c4c(F)cccc4-n4nccn4)CC3C2)N1. The van der Waals surface area contributed by atoms with Gasteiger partial charge >= 0.3 is 6.03 Å². The molecule has 0 aliphatic carbocycles. The third-order valence-corrected chi connectivity index (χ3v) is 6.03. The van der Waals surface area contributed by atoms with Crippen molar-refractivity contribution in [3.63, 3.8) is 0 Å². The van der Waals surface area contributed by atoms with Crippen LogP contribution in [0.2, 0.25) is 0 Å². The predicted molar refractivity (Wildman–Crippen MR) is 104 cm³/mol. The molecule has 3 N–H and O–H groups in total. The van der Waals surface area contributed by atoms with Crippen molar-refractivity contribution >= 4 is 11.9 Å². The number of aromatic nitrogens is 3. The molecule has 3 amide bonds. The van der Waals surface area contributed by atoms with E-state index in [1.807, 2.05) is 6.92 Å². The molecule has 4 unspecified atom stereocenters. The van der Waals surface area contributed by atoms with Gasteiger partial charge in [0.1, 0.15) is 23.4 Å². The number of amides is 3. The van der Waals surface area contributed by atoms with Crippen LogP contribution in [0.3, 0.4) is 0 Å². The third-order valence-electron chi connectivity index (χ3n) is 6.03. The van der Waals surface area contributed by atoms with Crippen LogP contribution < -0.4 is 16.0 Å². The molecule has 0 bridgehead atoms. The van der Waals surface area contributed by atoms with E-state index in [2.05, 4.69) is 31.0 Å². The van der Waals surface area contributed by atoms with Gasteiger partial charge in [0.05, 0.1) is 18.6 Å². The van der Waals surface area contributed by atoms with Gasteiger partial charge in [-0.1, -0.05) is 6.07 Å². The average molecular weight is 414 g/mol. The Bertz CT molecular complexity index is 953. The lowest BCUT2D eigenvalue weighted by Crippen LogP contribution is -2.68. The lowest BCUT2D eigenvalue weighted by molar-refractivity contribution is 0.0749. The lowest BCUT2D eigenvalue weighted by Gasteiger charge is -2.37. The predicted octanol–water partition coefficient (Wildman–Crippen LogP) is -0.0578. The Morgan fingerprint density at radius 1 is 1.10 bits per heavy atom. The number of nitrogens with one attached hydrogen (secondary N) is 3. The van der Waals surface area contributed by atoms with Gasteiger partial charge in [-0.2, -0.15) is 15.0 Å². The molecule has 3 fully saturated rings. The van der Waals surface area contributed by atoms with Crippen molar-refractivity contribution in [1.29, 1.82) is 0 Å². The molecule has 4 atom stereocenters. The maximum atomic E-state index is 14.6. The second-order valence-corrected chi connectivity index (χ2v) is 8.05. The molecule has 2 aromatic rings. The molecule has 3 aliphatic rings. The Balaban J connectivity index is 1.30. The van der Waals surface area contributed by atoms with Crippen molar-refractivity contribution in [3.05, 3.63) is 42.0 Å². The highest BCUT2D eigenvalue weighted by atomic mass is 19.1. The van der Waals surface area contributed by atoms with Gasteiger partial charge in [0.25, 0.3) is 5.91 Å². The summed E-state index contributed by atoms with van der Waals surface area (Å²) in [6, 6.07) is 4.27. The summed E-state index contributed by atoms with van der Waals surface area (Å²) in [4.78, 5) is 30.1. The number of carbonyl (C=O) groups is 2. The Kier molecular flexibility index (Phi) is 4.63. The quantitative estimate of drug-likeness (QED) is 0.650. The van der Waals surface area contributed by atoms with Gasteiger partial charge in [-0.25, -0.2) is 9.18 Å². The number of nitrogens with zero attached hydrogens (tertiary/aromatic N) is 5. The van der Waals surface area contributed by atoms with E-state index in [1.54, 1.807) is 17.0 Å². The molecule has 1 aromatic heterocycles. The van der Waals surface area contributed by atoms with Gasteiger partial charge in [-0.15, -0.1) is 0 Å². The first kappa shape index (κ1) is 18.9. The van der Waals surface area contributed by atoms with Crippen LogP contribution >= 0.6 is 0 Å². The molecule has 1 aromatic carbocycles. The van der Waals surface area contributed by atoms with Crippen molar-refractivity contribution in [2.24, 2.45) is 11.8 Å². The van der Waals surface area contributed by atoms with Gasteiger partial charge in [-0.3, -0.25) is 15.0 Å². The van der Waals surface area contributed by atoms with Crippen molar-refractivity contribution in [2.45, 2.75) is 19.4 Å². The average Bonchev–Trinajstić information content (AvgIpc) is 3.43. The standard InChI is InChI=1S/C19H23FN8O2/c1-11-23-18(25-19(30)24-11)27-9-12-7-26(8-13(12)10-27)17(29)16-14(20)3-2-4-15(16)28-21-5-6-22-28/h2-6,11-13,18,23H,7-10H2,1H3,(H2,24,25,30). The first-order valence-corrected chi connectivity index (χ1v) is 10.0. The molecule has 4 heterocycles. The summed E-state index contributed by atoms with van der Waals surface area (Å²) in [6.45, 7) is 4.50. The minimum Gasteiger partial charge on any atom is -0.338 e. The fourth-order valence-electron chi connectivity index (χ4n) is 4.67. The van der Waals surface area contributed by atoms with Crippen molar-refractivity contribution in [3.8, 4) is 5.69 Å². The van der Waals surface area contributed by atoms with Crippen LogP contribution in [0.15, 0.2) is 30.6 Å². The number of carbonyl (C=O) groups excluding carboxylic acids is 2. The highest BCUT2D eigenvalue weighted by Gasteiger charge is 2.45. The molecule has 5 rings (SSSR count). The van der Waals surface area contributed by atoms with E-state index < -0.39 is 5.82 Å². The summed E-state index contributed by atoms with van der Waals surface area (Å²) in [5.74, 6) is -0.376. The van der Waals surface area contributed by atoms with E-state index in [0.717, 1.165) is 13.1 Å². The van der Waals surface area contributed by atoms with E-state index in [0.29, 0.717) is 18.8 Å². The lowest BCUT2D eigenvalue weighted by atomic mass is 10.0. The number of fused-ring (bicyclic) bond motifs is 1. The minimum absolute atomic E-state index is 0.00774. The second kappa shape index (κ2) is 7.33. The van der Waals surface area contributed by atoms with Crippen LogP contribution in [-0.2, 0) is 0 Å². The summed E-state index contributed by atoms with van der Waals surface area (Å²) < 4.78 is 14.6. The first-order valence-electron chi connectivity index (χ1n) is 10.0. The topological polar surface area (TPSA) is 107 Å². The Morgan fingerprint density at radius 3 is 2.47 bits per heavy atom. The molecular formula is C19H23FN8O2. The summed E-state index contributed by atoms with van der Waals surface area (Å²) in [7, 11) is 0. The first-order chi connectivity index (χ1) is 14.5. The highest BCUT2D eigenvalue weighted by molar-refractivity contribution is 5.98. The molecule has 3 aliphatic heterocycles. The van der Waals surface area contributed by atoms with E-state index in [1.165, 1.54) is 23.3 Å².